The normalized spacial score (nSPS) is 21.1. The average molecular weight is 329 g/mol. The van der Waals surface area contributed by atoms with E-state index in [2.05, 4.69) is 21.2 Å². The van der Waals surface area contributed by atoms with Crippen LogP contribution in [0.5, 0.6) is 0 Å². The van der Waals surface area contributed by atoms with Crippen molar-refractivity contribution in [1.82, 2.24) is 0 Å². The van der Waals surface area contributed by atoms with Crippen molar-refractivity contribution in [2.75, 3.05) is 18.5 Å². The van der Waals surface area contributed by atoms with E-state index in [1.807, 2.05) is 19.9 Å². The molecule has 19 heavy (non-hydrogen) atoms. The number of ether oxygens (including phenoxy) is 2. The molecule has 1 fully saturated rings. The van der Waals surface area contributed by atoms with E-state index in [1.165, 1.54) is 0 Å². The Labute approximate surface area is 119 Å². The summed E-state index contributed by atoms with van der Waals surface area (Å²) >= 11 is 3.07. The summed E-state index contributed by atoms with van der Waals surface area (Å²) in [5.74, 6) is -1.06. The fraction of sp³-hybridized carbons (Fsp3) is 0.462. The van der Waals surface area contributed by atoms with Crippen LogP contribution >= 0.6 is 15.9 Å². The summed E-state index contributed by atoms with van der Waals surface area (Å²) in [6.45, 7) is 4.59. The summed E-state index contributed by atoms with van der Waals surface area (Å²) in [4.78, 5) is 0. The molecule has 0 radical (unpaired) electrons. The van der Waals surface area contributed by atoms with Gasteiger partial charge in [0.25, 0.3) is 0 Å². The highest BCUT2D eigenvalue weighted by Gasteiger charge is 2.32. The highest BCUT2D eigenvalue weighted by atomic mass is 79.9. The first kappa shape index (κ1) is 14.3. The molecule has 1 aliphatic heterocycles. The van der Waals surface area contributed by atoms with Gasteiger partial charge in [-0.15, -0.1) is 0 Å². The van der Waals surface area contributed by atoms with Crippen LogP contribution < -0.4 is 5.32 Å². The van der Waals surface area contributed by atoms with Crippen molar-refractivity contribution in [3.63, 3.8) is 0 Å². The van der Waals surface area contributed by atoms with E-state index in [0.717, 1.165) is 0 Å². The van der Waals surface area contributed by atoms with Gasteiger partial charge in [-0.25, -0.2) is 4.39 Å². The summed E-state index contributed by atoms with van der Waals surface area (Å²) in [7, 11) is 0. The molecule has 1 aromatic rings. The van der Waals surface area contributed by atoms with Gasteiger partial charge < -0.3 is 14.8 Å². The molecule has 1 aromatic carbocycles. The second-order valence-electron chi connectivity index (χ2n) is 4.73. The Balaban J connectivity index is 2.01. The van der Waals surface area contributed by atoms with Gasteiger partial charge in [0.2, 0.25) is 0 Å². The minimum Gasteiger partial charge on any atom is -0.380 e. The third kappa shape index (κ3) is 3.24. The number of rotatable bonds is 3. The zero-order chi connectivity index (χ0) is 14.0. The fourth-order valence-electron chi connectivity index (χ4n) is 1.86. The summed E-state index contributed by atoms with van der Waals surface area (Å²) in [5, 5.41) is 11.8. The van der Waals surface area contributed by atoms with Crippen molar-refractivity contribution in [3.8, 4) is 6.07 Å². The van der Waals surface area contributed by atoms with Crippen molar-refractivity contribution < 1.29 is 13.9 Å². The maximum absolute atomic E-state index is 13.9. The first-order chi connectivity index (χ1) is 8.93. The molecule has 6 heteroatoms. The van der Waals surface area contributed by atoms with Crippen LogP contribution in [-0.4, -0.2) is 25.0 Å². The van der Waals surface area contributed by atoms with Crippen LogP contribution in [0, 0.1) is 17.1 Å². The first-order valence-electron chi connectivity index (χ1n) is 5.86. The van der Waals surface area contributed by atoms with Crippen LogP contribution in [0.4, 0.5) is 10.1 Å². The Morgan fingerprint density at radius 3 is 2.89 bits per heavy atom. The molecule has 1 saturated heterocycles. The van der Waals surface area contributed by atoms with Gasteiger partial charge in [-0.3, -0.25) is 0 Å². The summed E-state index contributed by atoms with van der Waals surface area (Å²) < 4.78 is 25.2. The average Bonchev–Trinajstić information content (AvgIpc) is 2.71. The van der Waals surface area contributed by atoms with Crippen LogP contribution in [0.1, 0.15) is 19.4 Å². The minimum atomic E-state index is -0.587. The lowest BCUT2D eigenvalue weighted by Crippen LogP contribution is -2.26. The Morgan fingerprint density at radius 2 is 2.32 bits per heavy atom. The molecule has 4 nitrogen and oxygen atoms in total. The van der Waals surface area contributed by atoms with E-state index in [0.29, 0.717) is 18.8 Å². The van der Waals surface area contributed by atoms with E-state index in [-0.39, 0.29) is 16.1 Å². The number of nitrogens with zero attached hydrogens (tertiary/aromatic N) is 1. The zero-order valence-corrected chi connectivity index (χ0v) is 12.3. The number of halogens is 2. The maximum atomic E-state index is 13.9. The van der Waals surface area contributed by atoms with E-state index in [1.54, 1.807) is 12.1 Å². The Kier molecular flexibility index (Phi) is 4.09. The van der Waals surface area contributed by atoms with Crippen LogP contribution in [-0.2, 0) is 9.47 Å². The number of benzene rings is 1. The molecule has 1 unspecified atom stereocenters. The monoisotopic (exact) mass is 328 g/mol. The Bertz CT molecular complexity index is 528. The molecule has 0 amide bonds. The second kappa shape index (κ2) is 5.45. The molecule has 1 heterocycles. The van der Waals surface area contributed by atoms with Crippen molar-refractivity contribution in [3.05, 3.63) is 28.0 Å². The SMILES string of the molecule is CC1(C)OCC(CNc2ccc(C#N)c(Br)c2F)O1. The van der Waals surface area contributed by atoms with Crippen molar-refractivity contribution in [1.29, 1.82) is 5.26 Å². The molecule has 0 aliphatic carbocycles. The zero-order valence-electron chi connectivity index (χ0n) is 10.7. The number of hydrogen-bond acceptors (Lipinski definition) is 4. The minimum absolute atomic E-state index is 0.121. The highest BCUT2D eigenvalue weighted by molar-refractivity contribution is 9.10. The van der Waals surface area contributed by atoms with Gasteiger partial charge in [-0.2, -0.15) is 5.26 Å². The van der Waals surface area contributed by atoms with Gasteiger partial charge in [-0.05, 0) is 41.9 Å². The molecule has 0 saturated carbocycles. The molecule has 1 N–H and O–H groups in total. The quantitative estimate of drug-likeness (QED) is 0.926. The molecule has 1 atom stereocenters. The van der Waals surface area contributed by atoms with Crippen LogP contribution in [0.15, 0.2) is 16.6 Å². The van der Waals surface area contributed by atoms with E-state index >= 15 is 0 Å². The van der Waals surface area contributed by atoms with E-state index in [9.17, 15) is 4.39 Å². The smallest absolute Gasteiger partial charge is 0.163 e. The topological polar surface area (TPSA) is 54.3 Å². The summed E-state index contributed by atoms with van der Waals surface area (Å²) in [6.07, 6.45) is -0.121. The second-order valence-corrected chi connectivity index (χ2v) is 5.53. The van der Waals surface area contributed by atoms with Crippen LogP contribution in [0.25, 0.3) is 0 Å². The number of nitrogens with one attached hydrogen (secondary N) is 1. The van der Waals surface area contributed by atoms with Gasteiger partial charge in [0.1, 0.15) is 12.2 Å². The Hall–Kier alpha value is -1.16. The van der Waals surface area contributed by atoms with Crippen LogP contribution in [0.3, 0.4) is 0 Å². The molecular weight excluding hydrogens is 315 g/mol. The lowest BCUT2D eigenvalue weighted by atomic mass is 10.2. The lowest BCUT2D eigenvalue weighted by molar-refractivity contribution is -0.136. The molecule has 0 bridgehead atoms. The molecule has 1 aliphatic rings. The molecule has 102 valence electrons. The highest BCUT2D eigenvalue weighted by Crippen LogP contribution is 2.27. The predicted molar refractivity (Wildman–Crippen MR) is 72.2 cm³/mol. The van der Waals surface area contributed by atoms with Gasteiger partial charge in [-0.1, -0.05) is 0 Å². The predicted octanol–water partition coefficient (Wildman–Crippen LogP) is 3.02. The van der Waals surface area contributed by atoms with Gasteiger partial charge in [0, 0.05) is 6.54 Å². The van der Waals surface area contributed by atoms with Gasteiger partial charge >= 0.3 is 0 Å². The summed E-state index contributed by atoms with van der Waals surface area (Å²) in [6, 6.07) is 5.01. The van der Waals surface area contributed by atoms with Crippen molar-refractivity contribution in [2.24, 2.45) is 0 Å². The lowest BCUT2D eigenvalue weighted by Gasteiger charge is -2.17. The number of anilines is 1. The number of nitriles is 1. The van der Waals surface area contributed by atoms with Gasteiger partial charge in [0.15, 0.2) is 11.6 Å². The summed E-state index contributed by atoms with van der Waals surface area (Å²) in [5.41, 5.74) is 0.601. The maximum Gasteiger partial charge on any atom is 0.163 e. The molecule has 0 spiro atoms. The van der Waals surface area contributed by atoms with Crippen molar-refractivity contribution >= 4 is 21.6 Å². The standard InChI is InChI=1S/C13H14BrFN2O2/c1-13(2)18-7-9(19-13)6-17-10-4-3-8(5-16)11(14)12(10)15/h3-4,9,17H,6-7H2,1-2H3. The first-order valence-corrected chi connectivity index (χ1v) is 6.66. The van der Waals surface area contributed by atoms with Gasteiger partial charge in [0.05, 0.1) is 22.3 Å². The molecule has 0 aromatic heterocycles. The Morgan fingerprint density at radius 1 is 1.58 bits per heavy atom. The fourth-order valence-corrected chi connectivity index (χ4v) is 2.29. The van der Waals surface area contributed by atoms with Crippen molar-refractivity contribution in [2.45, 2.75) is 25.7 Å². The molecular formula is C13H14BrFN2O2. The molecule has 2 rings (SSSR count). The third-order valence-electron chi connectivity index (χ3n) is 2.79. The van der Waals surface area contributed by atoms with E-state index in [4.69, 9.17) is 14.7 Å². The van der Waals surface area contributed by atoms with E-state index < -0.39 is 11.6 Å². The largest absolute Gasteiger partial charge is 0.380 e. The third-order valence-corrected chi connectivity index (χ3v) is 3.57. The number of hydrogen-bond donors (Lipinski definition) is 1. The van der Waals surface area contributed by atoms with Crippen LogP contribution in [0.2, 0.25) is 0 Å².